The highest BCUT2D eigenvalue weighted by Crippen LogP contribution is 2.25. The van der Waals surface area contributed by atoms with Gasteiger partial charge in [0.25, 0.3) is 0 Å². The molecule has 1 amide bonds. The van der Waals surface area contributed by atoms with Gasteiger partial charge >= 0.3 is 0 Å². The standard InChI is InChI=1S/C17H24N4O.ClH/c1-3-17(4-2,13-18)16(22)19-12-14-6-8-15(9-7-14)21-11-5-10-20-21;/h5-11H,3-4,12-13,18H2,1-2H3,(H,19,22);1H. The Balaban J connectivity index is 0.00000264. The third-order valence-corrected chi connectivity index (χ3v) is 4.38. The van der Waals surface area contributed by atoms with E-state index in [0.29, 0.717) is 13.1 Å². The number of halogens is 1. The van der Waals surface area contributed by atoms with Gasteiger partial charge in [0.15, 0.2) is 0 Å². The molecule has 0 bridgehead atoms. The quantitative estimate of drug-likeness (QED) is 0.816. The molecule has 0 saturated heterocycles. The number of rotatable bonds is 7. The smallest absolute Gasteiger partial charge is 0.227 e. The van der Waals surface area contributed by atoms with Gasteiger partial charge in [0, 0.05) is 25.5 Å². The molecule has 0 fully saturated rings. The summed E-state index contributed by atoms with van der Waals surface area (Å²) < 4.78 is 1.80. The molecule has 0 radical (unpaired) electrons. The number of hydrogen-bond donors (Lipinski definition) is 2. The lowest BCUT2D eigenvalue weighted by Crippen LogP contribution is -2.45. The summed E-state index contributed by atoms with van der Waals surface area (Å²) in [6.45, 7) is 4.91. The van der Waals surface area contributed by atoms with Crippen LogP contribution in [0.15, 0.2) is 42.7 Å². The zero-order valence-electron chi connectivity index (χ0n) is 13.7. The van der Waals surface area contributed by atoms with Crippen molar-refractivity contribution >= 4 is 18.3 Å². The van der Waals surface area contributed by atoms with E-state index in [1.165, 1.54) is 0 Å². The molecule has 1 aromatic carbocycles. The van der Waals surface area contributed by atoms with Gasteiger partial charge in [-0.15, -0.1) is 12.4 Å². The molecule has 2 aromatic rings. The van der Waals surface area contributed by atoms with Crippen molar-refractivity contribution in [3.8, 4) is 5.69 Å². The van der Waals surface area contributed by atoms with E-state index in [9.17, 15) is 4.79 Å². The van der Waals surface area contributed by atoms with E-state index < -0.39 is 5.41 Å². The third kappa shape index (κ3) is 4.33. The molecule has 6 heteroatoms. The summed E-state index contributed by atoms with van der Waals surface area (Å²) in [4.78, 5) is 12.4. The van der Waals surface area contributed by atoms with E-state index in [1.807, 2.05) is 50.4 Å². The zero-order valence-corrected chi connectivity index (χ0v) is 14.5. The van der Waals surface area contributed by atoms with Crippen molar-refractivity contribution in [1.29, 1.82) is 0 Å². The summed E-state index contributed by atoms with van der Waals surface area (Å²) in [7, 11) is 0. The Morgan fingerprint density at radius 2 is 1.91 bits per heavy atom. The Labute approximate surface area is 143 Å². The van der Waals surface area contributed by atoms with E-state index in [1.54, 1.807) is 10.9 Å². The molecular weight excluding hydrogens is 312 g/mol. The lowest BCUT2D eigenvalue weighted by atomic mass is 9.81. The summed E-state index contributed by atoms with van der Waals surface area (Å²) in [5.41, 5.74) is 7.41. The molecular formula is C17H25ClN4O. The summed E-state index contributed by atoms with van der Waals surface area (Å²) in [6, 6.07) is 9.86. The van der Waals surface area contributed by atoms with E-state index in [2.05, 4.69) is 10.4 Å². The number of nitrogens with one attached hydrogen (secondary N) is 1. The first kappa shape index (κ1) is 19.2. The molecule has 3 N–H and O–H groups in total. The minimum Gasteiger partial charge on any atom is -0.352 e. The highest BCUT2D eigenvalue weighted by atomic mass is 35.5. The maximum Gasteiger partial charge on any atom is 0.227 e. The molecule has 126 valence electrons. The minimum absolute atomic E-state index is 0. The monoisotopic (exact) mass is 336 g/mol. The number of amides is 1. The molecule has 0 atom stereocenters. The maximum atomic E-state index is 12.4. The van der Waals surface area contributed by atoms with Crippen LogP contribution in [0.25, 0.3) is 5.69 Å². The van der Waals surface area contributed by atoms with Crippen molar-refractivity contribution in [1.82, 2.24) is 15.1 Å². The second-order valence-electron chi connectivity index (χ2n) is 5.49. The van der Waals surface area contributed by atoms with Crippen LogP contribution in [0.3, 0.4) is 0 Å². The zero-order chi connectivity index (χ0) is 16.0. The SMILES string of the molecule is CCC(CC)(CN)C(=O)NCc1ccc(-n2cccn2)cc1.Cl. The van der Waals surface area contributed by atoms with Gasteiger partial charge in [-0.05, 0) is 36.6 Å². The maximum absolute atomic E-state index is 12.4. The number of hydrogen-bond acceptors (Lipinski definition) is 3. The Morgan fingerprint density at radius 1 is 1.26 bits per heavy atom. The van der Waals surface area contributed by atoms with Crippen molar-refractivity contribution in [2.45, 2.75) is 33.2 Å². The van der Waals surface area contributed by atoms with Crippen LogP contribution in [-0.2, 0) is 11.3 Å². The van der Waals surface area contributed by atoms with E-state index in [0.717, 1.165) is 24.1 Å². The van der Waals surface area contributed by atoms with Gasteiger partial charge < -0.3 is 11.1 Å². The summed E-state index contributed by atoms with van der Waals surface area (Å²) in [5.74, 6) is 0.0381. The topological polar surface area (TPSA) is 72.9 Å². The van der Waals surface area contributed by atoms with Gasteiger partial charge in [0.1, 0.15) is 0 Å². The molecule has 0 aliphatic carbocycles. The third-order valence-electron chi connectivity index (χ3n) is 4.38. The van der Waals surface area contributed by atoms with Crippen molar-refractivity contribution in [2.24, 2.45) is 11.1 Å². The Kier molecular flexibility index (Phi) is 7.26. The fourth-order valence-corrected chi connectivity index (χ4v) is 2.51. The summed E-state index contributed by atoms with van der Waals surface area (Å²) >= 11 is 0. The van der Waals surface area contributed by atoms with Crippen LogP contribution >= 0.6 is 12.4 Å². The largest absolute Gasteiger partial charge is 0.352 e. The van der Waals surface area contributed by atoms with E-state index in [4.69, 9.17) is 5.73 Å². The Hall–Kier alpha value is -1.85. The first-order chi connectivity index (χ1) is 10.6. The number of benzene rings is 1. The predicted octanol–water partition coefficient (Wildman–Crippen LogP) is 2.68. The van der Waals surface area contributed by atoms with E-state index >= 15 is 0 Å². The lowest BCUT2D eigenvalue weighted by molar-refractivity contribution is -0.131. The van der Waals surface area contributed by atoms with Crippen LogP contribution in [0, 0.1) is 5.41 Å². The lowest BCUT2D eigenvalue weighted by Gasteiger charge is -2.28. The highest BCUT2D eigenvalue weighted by Gasteiger charge is 2.32. The molecule has 1 heterocycles. The molecule has 0 unspecified atom stereocenters. The van der Waals surface area contributed by atoms with Crippen molar-refractivity contribution < 1.29 is 4.79 Å². The molecule has 0 saturated carbocycles. The normalized spacial score (nSPS) is 10.9. The second kappa shape index (κ2) is 8.70. The van der Waals surface area contributed by atoms with Crippen LogP contribution < -0.4 is 11.1 Å². The van der Waals surface area contributed by atoms with Gasteiger partial charge in [-0.3, -0.25) is 4.79 Å². The van der Waals surface area contributed by atoms with Gasteiger partial charge in [0.05, 0.1) is 11.1 Å². The Morgan fingerprint density at radius 3 is 2.39 bits per heavy atom. The number of nitrogens with zero attached hydrogens (tertiary/aromatic N) is 2. The molecule has 0 spiro atoms. The summed E-state index contributed by atoms with van der Waals surface area (Å²) in [5, 5.41) is 7.19. The van der Waals surface area contributed by atoms with Crippen LogP contribution in [0.4, 0.5) is 0 Å². The van der Waals surface area contributed by atoms with Gasteiger partial charge in [0.2, 0.25) is 5.91 Å². The number of carbonyl (C=O) groups is 1. The van der Waals surface area contributed by atoms with Crippen molar-refractivity contribution in [3.05, 3.63) is 48.3 Å². The van der Waals surface area contributed by atoms with Gasteiger partial charge in [-0.1, -0.05) is 26.0 Å². The van der Waals surface area contributed by atoms with Gasteiger partial charge in [-0.2, -0.15) is 5.10 Å². The Bertz CT molecular complexity index is 583. The number of aromatic nitrogens is 2. The van der Waals surface area contributed by atoms with Crippen LogP contribution in [0.5, 0.6) is 0 Å². The molecule has 0 aliphatic rings. The first-order valence-corrected chi connectivity index (χ1v) is 7.72. The predicted molar refractivity (Wildman–Crippen MR) is 94.7 cm³/mol. The highest BCUT2D eigenvalue weighted by molar-refractivity contribution is 5.85. The minimum atomic E-state index is -0.449. The van der Waals surface area contributed by atoms with Crippen LogP contribution in [0.2, 0.25) is 0 Å². The molecule has 0 aliphatic heterocycles. The summed E-state index contributed by atoms with van der Waals surface area (Å²) in [6.07, 6.45) is 5.15. The van der Waals surface area contributed by atoms with Crippen molar-refractivity contribution in [2.75, 3.05) is 6.54 Å². The number of carbonyl (C=O) groups excluding carboxylic acids is 1. The molecule has 5 nitrogen and oxygen atoms in total. The average Bonchev–Trinajstić information content (AvgIpc) is 3.10. The van der Waals surface area contributed by atoms with Crippen LogP contribution in [0.1, 0.15) is 32.3 Å². The molecule has 23 heavy (non-hydrogen) atoms. The molecule has 1 aromatic heterocycles. The van der Waals surface area contributed by atoms with E-state index in [-0.39, 0.29) is 18.3 Å². The second-order valence-corrected chi connectivity index (χ2v) is 5.49. The van der Waals surface area contributed by atoms with Crippen molar-refractivity contribution in [3.63, 3.8) is 0 Å². The first-order valence-electron chi connectivity index (χ1n) is 7.72. The fraction of sp³-hybridized carbons (Fsp3) is 0.412. The average molecular weight is 337 g/mol. The van der Waals surface area contributed by atoms with Crippen LogP contribution in [-0.4, -0.2) is 22.2 Å². The molecule has 2 rings (SSSR count). The van der Waals surface area contributed by atoms with Gasteiger partial charge in [-0.25, -0.2) is 4.68 Å². The fourth-order valence-electron chi connectivity index (χ4n) is 2.51. The number of nitrogens with two attached hydrogens (primary N) is 1.